The van der Waals surface area contributed by atoms with Gasteiger partial charge in [-0.15, -0.1) is 0 Å². The standard InChI is InChI=1S/C30H41N3O6/c1-3-5-13-32(14-6-4-2)27(35)18-33-17-24(21-15-22(19-34)29-26(16-21)38-20-39-29)28(30(36)37)25(33)11-10-23-9-7-8-12-31-23/h7-9,12,15-16,24-25,28,34H,3-6,10-11,13-14,17-20H2,1-2H3,(H,36,37)/t24-,25+,28-/m1/s1. The van der Waals surface area contributed by atoms with E-state index < -0.39 is 11.9 Å². The number of unbranched alkanes of at least 4 members (excludes halogenated alkanes) is 2. The number of ether oxygens (including phenoxy) is 2. The van der Waals surface area contributed by atoms with E-state index >= 15 is 0 Å². The first-order valence-electron chi connectivity index (χ1n) is 14.1. The van der Waals surface area contributed by atoms with Crippen LogP contribution < -0.4 is 9.47 Å². The molecule has 3 atom stereocenters. The number of carbonyl (C=O) groups excluding carboxylic acids is 1. The SMILES string of the molecule is CCCCN(CCCC)C(=O)CN1C[C@H](c2cc(CO)c3c(c2)OCO3)[C@@H](C(=O)O)[C@@H]1CCc1ccccn1. The summed E-state index contributed by atoms with van der Waals surface area (Å²) in [6.45, 7) is 6.10. The zero-order chi connectivity index (χ0) is 27.8. The number of likely N-dealkylation sites (tertiary alicyclic amines) is 1. The van der Waals surface area contributed by atoms with Gasteiger partial charge in [0.1, 0.15) is 0 Å². The van der Waals surface area contributed by atoms with Gasteiger partial charge in [0.05, 0.1) is 19.1 Å². The van der Waals surface area contributed by atoms with Crippen LogP contribution in [-0.2, 0) is 22.6 Å². The van der Waals surface area contributed by atoms with Crippen LogP contribution in [0.5, 0.6) is 11.5 Å². The van der Waals surface area contributed by atoms with Gasteiger partial charge >= 0.3 is 5.97 Å². The van der Waals surface area contributed by atoms with Crippen LogP contribution in [-0.4, -0.2) is 75.9 Å². The highest BCUT2D eigenvalue weighted by Crippen LogP contribution is 2.44. The van der Waals surface area contributed by atoms with Crippen molar-refractivity contribution in [2.75, 3.05) is 33.0 Å². The van der Waals surface area contributed by atoms with E-state index in [0.29, 0.717) is 36.4 Å². The molecular formula is C30H41N3O6. The first-order chi connectivity index (χ1) is 19.0. The van der Waals surface area contributed by atoms with E-state index in [9.17, 15) is 19.8 Å². The predicted octanol–water partition coefficient (Wildman–Crippen LogP) is 3.83. The van der Waals surface area contributed by atoms with Gasteiger partial charge in [-0.2, -0.15) is 0 Å². The summed E-state index contributed by atoms with van der Waals surface area (Å²) in [7, 11) is 0. The summed E-state index contributed by atoms with van der Waals surface area (Å²) >= 11 is 0. The van der Waals surface area contributed by atoms with Crippen molar-refractivity contribution in [1.29, 1.82) is 0 Å². The van der Waals surface area contributed by atoms with Crippen LogP contribution in [0.4, 0.5) is 0 Å². The van der Waals surface area contributed by atoms with Crippen molar-refractivity contribution in [1.82, 2.24) is 14.8 Å². The molecule has 1 fully saturated rings. The fourth-order valence-corrected chi connectivity index (χ4v) is 5.80. The molecule has 0 spiro atoms. The van der Waals surface area contributed by atoms with Crippen molar-refractivity contribution in [3.8, 4) is 11.5 Å². The van der Waals surface area contributed by atoms with Gasteiger partial charge in [0.25, 0.3) is 0 Å². The topological polar surface area (TPSA) is 112 Å². The lowest BCUT2D eigenvalue weighted by Gasteiger charge is -2.29. The Hall–Kier alpha value is -3.17. The highest BCUT2D eigenvalue weighted by molar-refractivity contribution is 5.79. The molecule has 0 saturated carbocycles. The second-order valence-electron chi connectivity index (χ2n) is 10.5. The number of aliphatic hydroxyl groups is 1. The van der Waals surface area contributed by atoms with Crippen LogP contribution in [0.2, 0.25) is 0 Å². The van der Waals surface area contributed by atoms with Gasteiger partial charge in [-0.1, -0.05) is 32.8 Å². The Bertz CT molecular complexity index is 1100. The molecule has 2 aromatic rings. The minimum atomic E-state index is -0.891. The van der Waals surface area contributed by atoms with Crippen LogP contribution >= 0.6 is 0 Å². The molecule has 0 aliphatic carbocycles. The molecule has 1 aromatic carbocycles. The molecule has 1 aromatic heterocycles. The van der Waals surface area contributed by atoms with E-state index in [1.165, 1.54) is 0 Å². The summed E-state index contributed by atoms with van der Waals surface area (Å²) in [6.07, 6.45) is 6.83. The van der Waals surface area contributed by atoms with Crippen LogP contribution in [0, 0.1) is 5.92 Å². The molecule has 1 saturated heterocycles. The molecule has 212 valence electrons. The molecule has 3 heterocycles. The first-order valence-corrected chi connectivity index (χ1v) is 14.1. The van der Waals surface area contributed by atoms with Crippen LogP contribution in [0.3, 0.4) is 0 Å². The van der Waals surface area contributed by atoms with Gasteiger partial charge < -0.3 is 24.6 Å². The molecule has 0 radical (unpaired) electrons. The Labute approximate surface area is 230 Å². The van der Waals surface area contributed by atoms with Crippen molar-refractivity contribution in [3.05, 3.63) is 53.3 Å². The first kappa shape index (κ1) is 28.8. The number of aromatic nitrogens is 1. The third-order valence-electron chi connectivity index (χ3n) is 7.88. The largest absolute Gasteiger partial charge is 0.481 e. The van der Waals surface area contributed by atoms with Gasteiger partial charge in [0, 0.05) is 49.0 Å². The van der Waals surface area contributed by atoms with Crippen molar-refractivity contribution >= 4 is 11.9 Å². The number of hydrogen-bond acceptors (Lipinski definition) is 7. The second-order valence-corrected chi connectivity index (χ2v) is 10.5. The van der Waals surface area contributed by atoms with Gasteiger partial charge in [-0.3, -0.25) is 19.5 Å². The van der Waals surface area contributed by atoms with E-state index in [2.05, 4.69) is 23.7 Å². The molecular weight excluding hydrogens is 498 g/mol. The summed E-state index contributed by atoms with van der Waals surface area (Å²) in [6, 6.07) is 9.04. The number of carboxylic acid groups (broad SMARTS) is 1. The molecule has 9 heteroatoms. The van der Waals surface area contributed by atoms with E-state index in [0.717, 1.165) is 50.0 Å². The van der Waals surface area contributed by atoms with E-state index in [1.54, 1.807) is 6.20 Å². The van der Waals surface area contributed by atoms with E-state index in [1.807, 2.05) is 35.2 Å². The zero-order valence-corrected chi connectivity index (χ0v) is 23.1. The number of rotatable bonds is 14. The number of hydrogen-bond donors (Lipinski definition) is 2. The average molecular weight is 540 g/mol. The zero-order valence-electron chi connectivity index (χ0n) is 23.1. The summed E-state index contributed by atoms with van der Waals surface area (Å²) in [4.78, 5) is 34.8. The summed E-state index contributed by atoms with van der Waals surface area (Å²) < 4.78 is 11.1. The monoisotopic (exact) mass is 539 g/mol. The Balaban J connectivity index is 1.63. The highest BCUT2D eigenvalue weighted by Gasteiger charge is 2.47. The van der Waals surface area contributed by atoms with Crippen molar-refractivity contribution in [3.63, 3.8) is 0 Å². The fourth-order valence-electron chi connectivity index (χ4n) is 5.80. The smallest absolute Gasteiger partial charge is 0.308 e. The maximum Gasteiger partial charge on any atom is 0.308 e. The molecule has 1 amide bonds. The van der Waals surface area contributed by atoms with Crippen LogP contribution in [0.1, 0.15) is 68.7 Å². The number of pyridine rings is 1. The molecule has 9 nitrogen and oxygen atoms in total. The number of amides is 1. The number of benzene rings is 1. The molecule has 0 unspecified atom stereocenters. The number of carboxylic acids is 1. The van der Waals surface area contributed by atoms with Crippen molar-refractivity contribution in [2.45, 2.75) is 70.9 Å². The van der Waals surface area contributed by atoms with Crippen molar-refractivity contribution in [2.24, 2.45) is 5.92 Å². The molecule has 0 bridgehead atoms. The van der Waals surface area contributed by atoms with Crippen LogP contribution in [0.25, 0.3) is 0 Å². The predicted molar refractivity (Wildman–Crippen MR) is 147 cm³/mol. The van der Waals surface area contributed by atoms with Gasteiger partial charge in [-0.05, 0) is 55.5 Å². The third kappa shape index (κ3) is 6.89. The number of nitrogens with zero attached hydrogens (tertiary/aromatic N) is 3. The molecule has 2 aliphatic heterocycles. The number of fused-ring (bicyclic) bond motifs is 1. The fraction of sp³-hybridized carbons (Fsp3) is 0.567. The molecule has 2 aliphatic rings. The lowest BCUT2D eigenvalue weighted by atomic mass is 9.83. The summed E-state index contributed by atoms with van der Waals surface area (Å²) in [5.74, 6) is -0.918. The average Bonchev–Trinajstić information content (AvgIpc) is 3.56. The maximum atomic E-state index is 13.6. The lowest BCUT2D eigenvalue weighted by molar-refractivity contribution is -0.143. The Morgan fingerprint density at radius 2 is 1.90 bits per heavy atom. The molecule has 2 N–H and O–H groups in total. The van der Waals surface area contributed by atoms with E-state index in [-0.39, 0.29) is 37.8 Å². The summed E-state index contributed by atoms with van der Waals surface area (Å²) in [5.41, 5.74) is 2.26. The quantitative estimate of drug-likeness (QED) is 0.373. The second kappa shape index (κ2) is 13.8. The summed E-state index contributed by atoms with van der Waals surface area (Å²) in [5, 5.41) is 20.4. The minimum absolute atomic E-state index is 0.0475. The highest BCUT2D eigenvalue weighted by atomic mass is 16.7. The number of aliphatic hydroxyl groups excluding tert-OH is 1. The normalized spacial score (nSPS) is 20.3. The number of aryl methyl sites for hydroxylation is 1. The van der Waals surface area contributed by atoms with Gasteiger partial charge in [0.2, 0.25) is 12.7 Å². The molecule has 39 heavy (non-hydrogen) atoms. The van der Waals surface area contributed by atoms with E-state index in [4.69, 9.17) is 9.47 Å². The minimum Gasteiger partial charge on any atom is -0.481 e. The Morgan fingerprint density at radius 1 is 1.13 bits per heavy atom. The molecule has 4 rings (SSSR count). The third-order valence-corrected chi connectivity index (χ3v) is 7.88. The van der Waals surface area contributed by atoms with Gasteiger partial charge in [-0.25, -0.2) is 0 Å². The van der Waals surface area contributed by atoms with Gasteiger partial charge in [0.15, 0.2) is 11.5 Å². The Kier molecular flexibility index (Phi) is 10.2. The van der Waals surface area contributed by atoms with Crippen molar-refractivity contribution < 1.29 is 29.3 Å². The Morgan fingerprint density at radius 3 is 2.54 bits per heavy atom. The number of aliphatic carboxylic acids is 1. The maximum absolute atomic E-state index is 13.6. The lowest BCUT2D eigenvalue weighted by Crippen LogP contribution is -2.44. The van der Waals surface area contributed by atoms with Crippen LogP contribution in [0.15, 0.2) is 36.5 Å². The number of carbonyl (C=O) groups is 2.